The summed E-state index contributed by atoms with van der Waals surface area (Å²) in [7, 11) is 0. The van der Waals surface area contributed by atoms with Crippen LogP contribution in [0.15, 0.2) is 24.3 Å². The van der Waals surface area contributed by atoms with Gasteiger partial charge in [-0.1, -0.05) is 26.0 Å². The van der Waals surface area contributed by atoms with Crippen LogP contribution in [0.5, 0.6) is 5.75 Å². The van der Waals surface area contributed by atoms with E-state index in [2.05, 4.69) is 18.3 Å². The number of carboxylic acids is 1. The summed E-state index contributed by atoms with van der Waals surface area (Å²) in [6.07, 6.45) is 2.35. The molecule has 0 fully saturated rings. The third kappa shape index (κ3) is 5.75. The maximum Gasteiger partial charge on any atom is 0.320 e. The monoisotopic (exact) mass is 265 g/mol. The first-order chi connectivity index (χ1) is 9.17. The van der Waals surface area contributed by atoms with E-state index < -0.39 is 12.0 Å². The largest absolute Gasteiger partial charge is 0.494 e. The number of hydrogen-bond acceptors (Lipinski definition) is 3. The maximum atomic E-state index is 11.0. The minimum atomic E-state index is -0.820. The van der Waals surface area contributed by atoms with E-state index in [9.17, 15) is 4.79 Å². The van der Waals surface area contributed by atoms with Crippen molar-refractivity contribution in [2.75, 3.05) is 13.2 Å². The number of benzene rings is 1. The third-order valence-electron chi connectivity index (χ3n) is 2.92. The van der Waals surface area contributed by atoms with E-state index in [1.54, 1.807) is 0 Å². The van der Waals surface area contributed by atoms with Crippen LogP contribution < -0.4 is 10.1 Å². The van der Waals surface area contributed by atoms with Crippen LogP contribution in [0.3, 0.4) is 0 Å². The molecule has 106 valence electrons. The van der Waals surface area contributed by atoms with Crippen LogP contribution in [0.2, 0.25) is 0 Å². The molecule has 0 radical (unpaired) electrons. The molecule has 0 spiro atoms. The highest BCUT2D eigenvalue weighted by atomic mass is 16.5. The number of hydrogen-bond donors (Lipinski definition) is 2. The zero-order valence-electron chi connectivity index (χ0n) is 11.7. The minimum absolute atomic E-state index is 0.404. The molecule has 1 aromatic carbocycles. The molecular formula is C15H23NO3. The molecule has 2 N–H and O–H groups in total. The van der Waals surface area contributed by atoms with E-state index in [1.807, 2.05) is 25.1 Å². The van der Waals surface area contributed by atoms with Crippen molar-refractivity contribution in [3.63, 3.8) is 0 Å². The van der Waals surface area contributed by atoms with Crippen molar-refractivity contribution >= 4 is 5.97 Å². The Labute approximate surface area is 114 Å². The van der Waals surface area contributed by atoms with E-state index in [0.717, 1.165) is 18.6 Å². The lowest BCUT2D eigenvalue weighted by Crippen LogP contribution is -2.38. The van der Waals surface area contributed by atoms with Gasteiger partial charge < -0.3 is 15.2 Å². The highest BCUT2D eigenvalue weighted by molar-refractivity contribution is 5.73. The Kier molecular flexibility index (Phi) is 6.97. The van der Waals surface area contributed by atoms with Crippen LogP contribution in [0.1, 0.15) is 32.3 Å². The molecule has 4 nitrogen and oxygen atoms in total. The molecule has 0 bridgehead atoms. The standard InChI is InChI=1S/C15H23NO3/c1-3-9-16-14(15(17)18)8-10-19-13-7-5-6-12(4-2)11-13/h5-7,11,14,16H,3-4,8-10H2,1-2H3,(H,17,18). The molecular weight excluding hydrogens is 242 g/mol. The summed E-state index contributed by atoms with van der Waals surface area (Å²) in [5.41, 5.74) is 1.22. The van der Waals surface area contributed by atoms with Gasteiger partial charge in [-0.05, 0) is 37.1 Å². The molecule has 0 aliphatic rings. The smallest absolute Gasteiger partial charge is 0.320 e. The molecule has 1 aromatic rings. The van der Waals surface area contributed by atoms with E-state index >= 15 is 0 Å². The first-order valence-corrected chi connectivity index (χ1v) is 6.85. The first-order valence-electron chi connectivity index (χ1n) is 6.85. The second kappa shape index (κ2) is 8.53. The number of rotatable bonds is 9. The lowest BCUT2D eigenvalue weighted by Gasteiger charge is -2.14. The Morgan fingerprint density at radius 1 is 1.42 bits per heavy atom. The second-order valence-corrected chi connectivity index (χ2v) is 4.48. The number of ether oxygens (including phenoxy) is 1. The Morgan fingerprint density at radius 2 is 2.21 bits per heavy atom. The molecule has 0 aromatic heterocycles. The Morgan fingerprint density at radius 3 is 2.84 bits per heavy atom. The van der Waals surface area contributed by atoms with Crippen LogP contribution in [0.25, 0.3) is 0 Å². The van der Waals surface area contributed by atoms with E-state index in [-0.39, 0.29) is 0 Å². The zero-order valence-corrected chi connectivity index (χ0v) is 11.7. The van der Waals surface area contributed by atoms with Gasteiger partial charge in [0.05, 0.1) is 6.61 Å². The predicted molar refractivity (Wildman–Crippen MR) is 75.6 cm³/mol. The zero-order chi connectivity index (χ0) is 14.1. The summed E-state index contributed by atoms with van der Waals surface area (Å²) in [6, 6.07) is 7.37. The molecule has 0 saturated heterocycles. The summed E-state index contributed by atoms with van der Waals surface area (Å²) >= 11 is 0. The lowest BCUT2D eigenvalue weighted by atomic mass is 10.1. The molecule has 1 unspecified atom stereocenters. The van der Waals surface area contributed by atoms with Gasteiger partial charge in [0.15, 0.2) is 0 Å². The average molecular weight is 265 g/mol. The van der Waals surface area contributed by atoms with Crippen LogP contribution in [0.4, 0.5) is 0 Å². The van der Waals surface area contributed by atoms with Gasteiger partial charge in [-0.25, -0.2) is 0 Å². The number of carboxylic acid groups (broad SMARTS) is 1. The summed E-state index contributed by atoms with van der Waals surface area (Å²) in [6.45, 7) is 5.22. The normalized spacial score (nSPS) is 12.1. The molecule has 0 heterocycles. The average Bonchev–Trinajstić information content (AvgIpc) is 2.42. The van der Waals surface area contributed by atoms with Gasteiger partial charge in [0.25, 0.3) is 0 Å². The number of aryl methyl sites for hydroxylation is 1. The van der Waals surface area contributed by atoms with Crippen molar-refractivity contribution in [1.29, 1.82) is 0 Å². The summed E-state index contributed by atoms with van der Waals surface area (Å²) in [4.78, 5) is 11.0. The molecule has 4 heteroatoms. The van der Waals surface area contributed by atoms with Crippen LogP contribution in [-0.2, 0) is 11.2 Å². The second-order valence-electron chi connectivity index (χ2n) is 4.48. The van der Waals surface area contributed by atoms with Crippen molar-refractivity contribution in [2.45, 2.75) is 39.2 Å². The molecule has 0 saturated carbocycles. The molecule has 1 rings (SSSR count). The molecule has 1 atom stereocenters. The quantitative estimate of drug-likeness (QED) is 0.720. The Balaban J connectivity index is 2.40. The van der Waals surface area contributed by atoms with Crippen molar-refractivity contribution in [2.24, 2.45) is 0 Å². The fourth-order valence-corrected chi connectivity index (χ4v) is 1.78. The fraction of sp³-hybridized carbons (Fsp3) is 0.533. The maximum absolute atomic E-state index is 11.0. The van der Waals surface area contributed by atoms with Gasteiger partial charge in [0, 0.05) is 6.42 Å². The van der Waals surface area contributed by atoms with Crippen molar-refractivity contribution in [1.82, 2.24) is 5.32 Å². The summed E-state index contributed by atoms with van der Waals surface area (Å²) in [5.74, 6) is -0.0154. The number of carbonyl (C=O) groups is 1. The van der Waals surface area contributed by atoms with Crippen LogP contribution in [0, 0.1) is 0 Å². The van der Waals surface area contributed by atoms with Gasteiger partial charge in [0.2, 0.25) is 0 Å². The van der Waals surface area contributed by atoms with Crippen molar-refractivity contribution in [3.8, 4) is 5.75 Å². The predicted octanol–water partition coefficient (Wildman–Crippen LogP) is 2.47. The number of nitrogens with one attached hydrogen (secondary N) is 1. The third-order valence-corrected chi connectivity index (χ3v) is 2.92. The van der Waals surface area contributed by atoms with E-state index in [1.165, 1.54) is 5.56 Å². The van der Waals surface area contributed by atoms with Gasteiger partial charge in [-0.15, -0.1) is 0 Å². The van der Waals surface area contributed by atoms with E-state index in [4.69, 9.17) is 9.84 Å². The lowest BCUT2D eigenvalue weighted by molar-refractivity contribution is -0.139. The van der Waals surface area contributed by atoms with Crippen LogP contribution in [-0.4, -0.2) is 30.3 Å². The molecule has 0 aliphatic carbocycles. The SMILES string of the molecule is CCCNC(CCOc1cccc(CC)c1)C(=O)O. The van der Waals surface area contributed by atoms with Gasteiger partial charge in [-0.3, -0.25) is 4.79 Å². The van der Waals surface area contributed by atoms with Crippen molar-refractivity contribution in [3.05, 3.63) is 29.8 Å². The Hall–Kier alpha value is -1.55. The van der Waals surface area contributed by atoms with Crippen molar-refractivity contribution < 1.29 is 14.6 Å². The minimum Gasteiger partial charge on any atom is -0.494 e. The fourth-order valence-electron chi connectivity index (χ4n) is 1.78. The Bertz CT molecular complexity index is 393. The highest BCUT2D eigenvalue weighted by Gasteiger charge is 2.15. The van der Waals surface area contributed by atoms with Gasteiger partial charge in [0.1, 0.15) is 11.8 Å². The topological polar surface area (TPSA) is 58.6 Å². The van der Waals surface area contributed by atoms with E-state index in [0.29, 0.717) is 19.6 Å². The number of aliphatic carboxylic acids is 1. The first kappa shape index (κ1) is 15.5. The van der Waals surface area contributed by atoms with Gasteiger partial charge >= 0.3 is 5.97 Å². The van der Waals surface area contributed by atoms with Crippen LogP contribution >= 0.6 is 0 Å². The molecule has 0 aliphatic heterocycles. The summed E-state index contributed by atoms with van der Waals surface area (Å²) in [5, 5.41) is 12.1. The van der Waals surface area contributed by atoms with Gasteiger partial charge in [-0.2, -0.15) is 0 Å². The summed E-state index contributed by atoms with van der Waals surface area (Å²) < 4.78 is 5.61. The highest BCUT2D eigenvalue weighted by Crippen LogP contribution is 2.14. The molecule has 19 heavy (non-hydrogen) atoms. The molecule has 0 amide bonds.